The minimum absolute atomic E-state index is 0.101. The van der Waals surface area contributed by atoms with Crippen molar-refractivity contribution in [1.82, 2.24) is 11.0 Å². The first-order chi connectivity index (χ1) is 11.5. The summed E-state index contributed by atoms with van der Waals surface area (Å²) in [5.74, 6) is 0.0123. The van der Waals surface area contributed by atoms with Crippen molar-refractivity contribution < 1.29 is 24.4 Å². The maximum atomic E-state index is 12.2. The van der Waals surface area contributed by atoms with Gasteiger partial charge in [0, 0.05) is 11.8 Å². The van der Waals surface area contributed by atoms with Gasteiger partial charge in [-0.25, -0.2) is 0 Å². The number of carbonyl (C=O) groups is 2. The molecule has 1 amide bonds. The highest BCUT2D eigenvalue weighted by Crippen LogP contribution is 2.25. The smallest absolute Gasteiger partial charge is 0.294 e. The van der Waals surface area contributed by atoms with Gasteiger partial charge in [-0.15, -0.1) is 10.1 Å². The van der Waals surface area contributed by atoms with E-state index in [-0.39, 0.29) is 30.3 Å². The third-order valence-corrected chi connectivity index (χ3v) is 4.82. The molecule has 0 radical (unpaired) electrons. The molecule has 0 aromatic heterocycles. The predicted octanol–water partition coefficient (Wildman–Crippen LogP) is 1.42. The molecule has 0 aromatic carbocycles. The first-order valence-corrected chi connectivity index (χ1v) is 8.69. The Bertz CT molecular complexity index is 471. The Hall–Kier alpha value is -1.43. The largest absolute Gasteiger partial charge is 0.765 e. The van der Waals surface area contributed by atoms with Gasteiger partial charge in [-0.05, 0) is 20.3 Å². The molecule has 2 N–H and O–H groups in total. The molecule has 0 aromatic rings. The second-order valence-electron chi connectivity index (χ2n) is 6.81. The zero-order valence-electron chi connectivity index (χ0n) is 15.1. The fourth-order valence-electron chi connectivity index (χ4n) is 1.56. The highest BCUT2D eigenvalue weighted by atomic mass is 32.2. The maximum absolute atomic E-state index is 12.2. The van der Waals surface area contributed by atoms with E-state index in [0.29, 0.717) is 12.2 Å². The highest BCUT2D eigenvalue weighted by molar-refractivity contribution is 8.13. The van der Waals surface area contributed by atoms with E-state index in [1.54, 1.807) is 27.7 Å². The van der Waals surface area contributed by atoms with Crippen molar-refractivity contribution in [3.63, 3.8) is 0 Å². The van der Waals surface area contributed by atoms with Crippen molar-refractivity contribution in [3.05, 3.63) is 15.3 Å². The lowest BCUT2D eigenvalue weighted by Gasteiger charge is -2.28. The molecule has 0 rings (SSSR count). The van der Waals surface area contributed by atoms with E-state index < -0.39 is 15.9 Å². The Balaban J connectivity index is 4.56. The number of hydrogen-bond acceptors (Lipinski definition) is 9. The molecule has 1 atom stereocenters. The van der Waals surface area contributed by atoms with Crippen LogP contribution in [0.2, 0.25) is 0 Å². The summed E-state index contributed by atoms with van der Waals surface area (Å²) in [4.78, 5) is 43.5. The Morgan fingerprint density at radius 2 is 1.80 bits per heavy atom. The molecule has 146 valence electrons. The standard InChI is InChI=1S/C14H26N3O7S/c1-6-10(15-11(18)13(2,3)8-23-16-20)7-25-12(19)14(4,5)9-24-17(21)22/h10,16H,6-9H2,1-5H3,(H,15,18)/q-1. The average Bonchev–Trinajstić information content (AvgIpc) is 2.54. The normalized spacial score (nSPS) is 13.2. The van der Waals surface area contributed by atoms with Crippen LogP contribution in [0.4, 0.5) is 0 Å². The van der Waals surface area contributed by atoms with Crippen molar-refractivity contribution in [3.8, 4) is 0 Å². The molecule has 0 aliphatic rings. The van der Waals surface area contributed by atoms with Gasteiger partial charge in [0.2, 0.25) is 5.91 Å². The average molecular weight is 380 g/mol. The lowest BCUT2D eigenvalue weighted by atomic mass is 9.93. The van der Waals surface area contributed by atoms with Crippen LogP contribution in [0.15, 0.2) is 0 Å². The van der Waals surface area contributed by atoms with E-state index in [0.717, 1.165) is 11.8 Å². The number of nitrogens with one attached hydrogen (secondary N) is 2. The van der Waals surface area contributed by atoms with Gasteiger partial charge in [-0.3, -0.25) is 15.2 Å². The van der Waals surface area contributed by atoms with Gasteiger partial charge < -0.3 is 20.2 Å². The summed E-state index contributed by atoms with van der Waals surface area (Å²) in [6, 6.07) is -0.270. The van der Waals surface area contributed by atoms with E-state index >= 15 is 0 Å². The van der Waals surface area contributed by atoms with Crippen LogP contribution in [0.25, 0.3) is 0 Å². The fraction of sp³-hybridized carbons (Fsp3) is 0.857. The molecule has 25 heavy (non-hydrogen) atoms. The monoisotopic (exact) mass is 380 g/mol. The molecule has 1 unspecified atom stereocenters. The minimum atomic E-state index is -1.02. The van der Waals surface area contributed by atoms with Gasteiger partial charge in [-0.1, -0.05) is 32.5 Å². The molecule has 11 heteroatoms. The first-order valence-electron chi connectivity index (χ1n) is 7.70. The number of thioether (sulfide) groups is 1. The third kappa shape index (κ3) is 9.00. The molecule has 0 bridgehead atoms. The number of amides is 1. The van der Waals surface area contributed by atoms with Crippen molar-refractivity contribution in [2.45, 2.75) is 47.1 Å². The first kappa shape index (κ1) is 23.6. The molecular formula is C14H26N3O7S-. The van der Waals surface area contributed by atoms with Crippen molar-refractivity contribution in [1.29, 1.82) is 0 Å². The van der Waals surface area contributed by atoms with E-state index in [1.807, 2.05) is 6.92 Å². The summed E-state index contributed by atoms with van der Waals surface area (Å²) in [5.41, 5.74) is -0.655. The summed E-state index contributed by atoms with van der Waals surface area (Å²) in [7, 11) is 0. The van der Waals surface area contributed by atoms with Crippen LogP contribution in [-0.2, 0) is 19.3 Å². The van der Waals surface area contributed by atoms with Crippen LogP contribution in [0.1, 0.15) is 41.0 Å². The molecule has 0 saturated heterocycles. The topological polar surface area (TPSA) is 143 Å². The highest BCUT2D eigenvalue weighted by Gasteiger charge is 2.32. The Morgan fingerprint density at radius 1 is 1.20 bits per heavy atom. The summed E-state index contributed by atoms with van der Waals surface area (Å²) in [6.07, 6.45) is 0.592. The third-order valence-electron chi connectivity index (χ3n) is 3.43. The van der Waals surface area contributed by atoms with Crippen molar-refractivity contribution >= 4 is 22.8 Å². The van der Waals surface area contributed by atoms with Gasteiger partial charge in [0.25, 0.3) is 5.09 Å². The van der Waals surface area contributed by atoms with Crippen molar-refractivity contribution in [2.75, 3.05) is 19.0 Å². The molecule has 10 nitrogen and oxygen atoms in total. The SMILES string of the molecule is CCC(CSC(=O)C(C)(C)CO[N+](=O)[O-])NC(=O)C(C)(C)CON[O-]. The summed E-state index contributed by atoms with van der Waals surface area (Å²) >= 11 is 0.988. The number of carbonyl (C=O) groups excluding carboxylic acids is 2. The zero-order chi connectivity index (χ0) is 19.7. The van der Waals surface area contributed by atoms with Crippen LogP contribution >= 0.6 is 11.8 Å². The maximum Gasteiger partial charge on any atom is 0.294 e. The lowest BCUT2D eigenvalue weighted by Crippen LogP contribution is -2.46. The summed E-state index contributed by atoms with van der Waals surface area (Å²) in [6.45, 7) is 7.80. The second-order valence-corrected chi connectivity index (χ2v) is 7.81. The van der Waals surface area contributed by atoms with Gasteiger partial charge in [0.1, 0.15) is 6.61 Å². The quantitative estimate of drug-likeness (QED) is 0.379. The number of rotatable bonds is 12. The minimum Gasteiger partial charge on any atom is -0.765 e. The van der Waals surface area contributed by atoms with Gasteiger partial charge >= 0.3 is 0 Å². The molecule has 0 aliphatic heterocycles. The van der Waals surface area contributed by atoms with Gasteiger partial charge in [0.15, 0.2) is 5.12 Å². The van der Waals surface area contributed by atoms with Crippen LogP contribution in [0.5, 0.6) is 0 Å². The van der Waals surface area contributed by atoms with E-state index in [1.165, 1.54) is 5.64 Å². The van der Waals surface area contributed by atoms with Crippen LogP contribution in [0, 0.1) is 26.2 Å². The zero-order valence-corrected chi connectivity index (χ0v) is 15.9. The molecule has 0 spiro atoms. The molecular weight excluding hydrogens is 354 g/mol. The summed E-state index contributed by atoms with van der Waals surface area (Å²) in [5, 5.41) is 22.0. The van der Waals surface area contributed by atoms with Crippen LogP contribution < -0.4 is 11.0 Å². The molecule has 0 aliphatic carbocycles. The lowest BCUT2D eigenvalue weighted by molar-refractivity contribution is -0.760. The Labute approximate surface area is 151 Å². The van der Waals surface area contributed by atoms with E-state index in [9.17, 15) is 24.9 Å². The number of nitrogens with zero attached hydrogens (tertiary/aromatic N) is 1. The summed E-state index contributed by atoms with van der Waals surface area (Å²) < 4.78 is 0. The Kier molecular flexibility index (Phi) is 9.93. The molecule has 0 heterocycles. The van der Waals surface area contributed by atoms with Crippen LogP contribution in [0.3, 0.4) is 0 Å². The second kappa shape index (κ2) is 10.5. The number of hydrogen-bond donors (Lipinski definition) is 2. The Morgan fingerprint density at radius 3 is 2.28 bits per heavy atom. The van der Waals surface area contributed by atoms with E-state index in [2.05, 4.69) is 15.0 Å². The fourth-order valence-corrected chi connectivity index (χ4v) is 2.68. The van der Waals surface area contributed by atoms with Gasteiger partial charge in [-0.2, -0.15) is 0 Å². The van der Waals surface area contributed by atoms with E-state index in [4.69, 9.17) is 0 Å². The van der Waals surface area contributed by atoms with Crippen molar-refractivity contribution in [2.24, 2.45) is 10.8 Å². The predicted molar refractivity (Wildman–Crippen MR) is 92.6 cm³/mol. The van der Waals surface area contributed by atoms with Crippen LogP contribution in [-0.4, -0.2) is 41.1 Å². The molecule has 0 fully saturated rings. The van der Waals surface area contributed by atoms with Gasteiger partial charge in [0.05, 0.1) is 17.4 Å². The molecule has 0 saturated carbocycles.